The summed E-state index contributed by atoms with van der Waals surface area (Å²) in [6.45, 7) is 0. The van der Waals surface area contributed by atoms with E-state index < -0.39 is 5.97 Å². The maximum Gasteiger partial charge on any atom is 0.337 e. The van der Waals surface area contributed by atoms with Gasteiger partial charge >= 0.3 is 5.97 Å². The molecule has 0 saturated carbocycles. The highest BCUT2D eigenvalue weighted by atomic mass is 35.5. The Balaban J connectivity index is 2.47. The number of nitrogens with one attached hydrogen (secondary N) is 1. The number of ether oxygens (including phenoxy) is 1. The van der Waals surface area contributed by atoms with E-state index in [0.717, 1.165) is 6.07 Å². The number of carboxylic acids is 1. The quantitative estimate of drug-likeness (QED) is 0.598. The summed E-state index contributed by atoms with van der Waals surface area (Å²) in [5, 5.41) is 18.4. The molecule has 0 aliphatic carbocycles. The van der Waals surface area contributed by atoms with Crippen LogP contribution in [0.4, 0.5) is 0 Å². The summed E-state index contributed by atoms with van der Waals surface area (Å²) in [6, 6.07) is 8.71. The minimum absolute atomic E-state index is 0.0401. The third-order valence-electron chi connectivity index (χ3n) is 2.75. The summed E-state index contributed by atoms with van der Waals surface area (Å²) < 4.78 is 5.52. The van der Waals surface area contributed by atoms with Crippen LogP contribution in [0.5, 0.6) is 17.2 Å². The summed E-state index contributed by atoms with van der Waals surface area (Å²) in [5.74, 6) is -1.25. The second-order valence-corrected chi connectivity index (χ2v) is 5.09. The highest BCUT2D eigenvalue weighted by molar-refractivity contribution is 6.35. The Morgan fingerprint density at radius 1 is 1.25 bits per heavy atom. The molecule has 9 heteroatoms. The van der Waals surface area contributed by atoms with E-state index in [1.807, 2.05) is 11.5 Å². The van der Waals surface area contributed by atoms with Gasteiger partial charge in [-0.25, -0.2) is 4.79 Å². The summed E-state index contributed by atoms with van der Waals surface area (Å²) in [7, 11) is 0. The van der Waals surface area contributed by atoms with Gasteiger partial charge in [0.1, 0.15) is 22.6 Å². The lowest BCUT2D eigenvalue weighted by molar-refractivity contribution is -0.115. The van der Waals surface area contributed by atoms with Crippen LogP contribution < -0.4 is 15.1 Å². The monoisotopic (exact) mass is 366 g/mol. The Bertz CT molecular complexity index is 848. The minimum Gasteiger partial charge on any atom is -0.478 e. The largest absolute Gasteiger partial charge is 0.478 e. The lowest BCUT2D eigenvalue weighted by Gasteiger charge is -2.12. The smallest absolute Gasteiger partial charge is 0.337 e. The highest BCUT2D eigenvalue weighted by Crippen LogP contribution is 2.36. The molecule has 0 aliphatic heterocycles. The molecule has 0 aromatic heterocycles. The van der Waals surface area contributed by atoms with Gasteiger partial charge in [0.25, 0.3) is 0 Å². The zero-order chi connectivity index (χ0) is 17.7. The predicted octanol–water partition coefficient (Wildman–Crippen LogP) is 3.40. The molecule has 122 valence electrons. The molecule has 2 aromatic carbocycles. The molecular weight excluding hydrogens is 359 g/mol. The van der Waals surface area contributed by atoms with Crippen LogP contribution >= 0.6 is 23.2 Å². The molecule has 0 fully saturated rings. The first kappa shape index (κ1) is 17.4. The number of aromatic carboxylic acids is 1. The third-order valence-corrected chi connectivity index (χ3v) is 3.37. The number of carbonyl (C=O) groups is 2. The minimum atomic E-state index is -1.32. The van der Waals surface area contributed by atoms with E-state index >= 15 is 0 Å². The Morgan fingerprint density at radius 3 is 2.62 bits per heavy atom. The number of halogens is 2. The fourth-order valence-electron chi connectivity index (χ4n) is 1.75. The molecule has 0 heterocycles. The van der Waals surface area contributed by atoms with Gasteiger partial charge in [-0.15, -0.1) is 0 Å². The number of hydrogen-bond donors (Lipinski definition) is 2. The van der Waals surface area contributed by atoms with Gasteiger partial charge in [0.2, 0.25) is 6.41 Å². The maximum absolute atomic E-state index is 11.3. The molecule has 0 saturated heterocycles. The number of hydrogen-bond acceptors (Lipinski definition) is 5. The van der Waals surface area contributed by atoms with E-state index in [4.69, 9.17) is 38.0 Å². The van der Waals surface area contributed by atoms with Crippen LogP contribution in [0.25, 0.3) is 0 Å². The number of carbonyl (C=O) groups excluding carboxylic acids is 1. The van der Waals surface area contributed by atoms with E-state index in [-0.39, 0.29) is 39.8 Å². The lowest BCUT2D eigenvalue weighted by Crippen LogP contribution is -2.16. The molecule has 1 amide bonds. The van der Waals surface area contributed by atoms with Crippen molar-refractivity contribution in [3.8, 4) is 23.3 Å². The zero-order valence-electron chi connectivity index (χ0n) is 11.7. The number of nitrogens with zero attached hydrogens (tertiary/aromatic N) is 1. The number of hydroxylamine groups is 1. The van der Waals surface area contributed by atoms with Gasteiger partial charge in [0.05, 0.1) is 11.1 Å². The van der Waals surface area contributed by atoms with Crippen LogP contribution in [-0.4, -0.2) is 17.5 Å². The SMILES string of the molecule is N#Cc1cc(Cl)ccc1Oc1cc(ONC=O)c(Cl)c(C(=O)O)c1. The summed E-state index contributed by atoms with van der Waals surface area (Å²) in [6.07, 6.45) is 0.247. The average molecular weight is 367 g/mol. The van der Waals surface area contributed by atoms with Gasteiger partial charge < -0.3 is 14.7 Å². The molecule has 0 spiro atoms. The van der Waals surface area contributed by atoms with E-state index in [1.165, 1.54) is 24.3 Å². The molecule has 0 aliphatic rings. The number of rotatable bonds is 6. The number of benzene rings is 2. The summed E-state index contributed by atoms with van der Waals surface area (Å²) in [5.41, 5.74) is 1.76. The van der Waals surface area contributed by atoms with Crippen molar-refractivity contribution in [2.45, 2.75) is 0 Å². The van der Waals surface area contributed by atoms with Gasteiger partial charge in [-0.05, 0) is 24.3 Å². The van der Waals surface area contributed by atoms with Crippen molar-refractivity contribution in [1.82, 2.24) is 5.48 Å². The summed E-state index contributed by atoms with van der Waals surface area (Å²) >= 11 is 11.7. The molecule has 0 bridgehead atoms. The highest BCUT2D eigenvalue weighted by Gasteiger charge is 2.18. The topological polar surface area (TPSA) is 109 Å². The van der Waals surface area contributed by atoms with Crippen LogP contribution in [0.1, 0.15) is 15.9 Å². The molecule has 2 rings (SSSR count). The van der Waals surface area contributed by atoms with E-state index in [2.05, 4.69) is 0 Å². The van der Waals surface area contributed by atoms with Crippen molar-refractivity contribution in [1.29, 1.82) is 5.26 Å². The molecular formula is C15H8Cl2N2O5. The first-order chi connectivity index (χ1) is 11.5. The number of nitriles is 1. The van der Waals surface area contributed by atoms with Crippen molar-refractivity contribution in [2.75, 3.05) is 0 Å². The van der Waals surface area contributed by atoms with Crippen molar-refractivity contribution in [3.63, 3.8) is 0 Å². The van der Waals surface area contributed by atoms with Crippen molar-refractivity contribution in [2.24, 2.45) is 0 Å². The Hall–Kier alpha value is -2.95. The first-order valence-electron chi connectivity index (χ1n) is 6.26. The van der Waals surface area contributed by atoms with Gasteiger partial charge in [-0.1, -0.05) is 23.2 Å². The zero-order valence-corrected chi connectivity index (χ0v) is 13.3. The number of amides is 1. The Kier molecular flexibility index (Phi) is 5.47. The standard InChI is InChI=1S/C15H8Cl2N2O5/c16-9-1-2-12(8(3-9)6-18)23-10-4-11(15(21)22)14(17)13(5-10)24-19-7-20/h1-5,7H,(H,19,20)(H,21,22). The van der Waals surface area contributed by atoms with Crippen molar-refractivity contribution >= 4 is 35.6 Å². The normalized spacial score (nSPS) is 9.71. The van der Waals surface area contributed by atoms with E-state index in [9.17, 15) is 14.7 Å². The molecule has 0 unspecified atom stereocenters. The van der Waals surface area contributed by atoms with Gasteiger partial charge in [0, 0.05) is 11.1 Å². The summed E-state index contributed by atoms with van der Waals surface area (Å²) in [4.78, 5) is 26.4. The van der Waals surface area contributed by atoms with Crippen LogP contribution in [-0.2, 0) is 4.79 Å². The third kappa shape index (κ3) is 3.87. The van der Waals surface area contributed by atoms with Crippen molar-refractivity contribution < 1.29 is 24.3 Å². The maximum atomic E-state index is 11.3. The molecule has 24 heavy (non-hydrogen) atoms. The molecule has 0 radical (unpaired) electrons. The van der Waals surface area contributed by atoms with E-state index in [0.29, 0.717) is 5.02 Å². The van der Waals surface area contributed by atoms with Gasteiger partial charge in [-0.2, -0.15) is 10.7 Å². The molecule has 2 N–H and O–H groups in total. The molecule has 2 aromatic rings. The van der Waals surface area contributed by atoms with Crippen LogP contribution in [0, 0.1) is 11.3 Å². The molecule has 0 atom stereocenters. The average Bonchev–Trinajstić information content (AvgIpc) is 2.56. The van der Waals surface area contributed by atoms with E-state index in [1.54, 1.807) is 0 Å². The van der Waals surface area contributed by atoms with Crippen LogP contribution in [0.3, 0.4) is 0 Å². The predicted molar refractivity (Wildman–Crippen MR) is 84.5 cm³/mol. The fourth-order valence-corrected chi connectivity index (χ4v) is 2.16. The van der Waals surface area contributed by atoms with Crippen LogP contribution in [0.2, 0.25) is 10.0 Å². The number of carboxylic acid groups (broad SMARTS) is 1. The lowest BCUT2D eigenvalue weighted by atomic mass is 10.2. The van der Waals surface area contributed by atoms with Crippen molar-refractivity contribution in [3.05, 3.63) is 51.5 Å². The van der Waals surface area contributed by atoms with Crippen LogP contribution in [0.15, 0.2) is 30.3 Å². The Morgan fingerprint density at radius 2 is 2.00 bits per heavy atom. The first-order valence-corrected chi connectivity index (χ1v) is 7.02. The second kappa shape index (κ2) is 7.55. The second-order valence-electron chi connectivity index (χ2n) is 4.28. The van der Waals surface area contributed by atoms with Gasteiger partial charge in [0.15, 0.2) is 5.75 Å². The fraction of sp³-hybridized carbons (Fsp3) is 0. The Labute approximate surface area is 145 Å². The molecule has 7 nitrogen and oxygen atoms in total. The van der Waals surface area contributed by atoms with Gasteiger partial charge in [-0.3, -0.25) is 4.79 Å².